The number of nitriles is 1. The van der Waals surface area contributed by atoms with Gasteiger partial charge >= 0.3 is 0 Å². The molecule has 0 saturated carbocycles. The van der Waals surface area contributed by atoms with Crippen LogP contribution < -0.4 is 5.32 Å². The third-order valence-electron chi connectivity index (χ3n) is 4.76. The van der Waals surface area contributed by atoms with E-state index in [1.807, 2.05) is 26.0 Å². The zero-order valence-electron chi connectivity index (χ0n) is 17.2. The van der Waals surface area contributed by atoms with Crippen LogP contribution in [0.1, 0.15) is 54.5 Å². The number of ketones is 1. The molecule has 1 amide bonds. The lowest BCUT2D eigenvalue weighted by atomic mass is 10.1. The van der Waals surface area contributed by atoms with E-state index in [9.17, 15) is 14.9 Å². The predicted octanol–water partition coefficient (Wildman–Crippen LogP) is 4.90. The molecular formula is C23H27N3O2. The molecule has 0 radical (unpaired) electrons. The van der Waals surface area contributed by atoms with Crippen LogP contribution in [0.25, 0.3) is 6.08 Å². The summed E-state index contributed by atoms with van der Waals surface area (Å²) in [7, 11) is 0. The van der Waals surface area contributed by atoms with Crippen molar-refractivity contribution in [2.45, 2.75) is 47.6 Å². The van der Waals surface area contributed by atoms with Crippen LogP contribution in [0.4, 0.5) is 5.69 Å². The lowest BCUT2D eigenvalue weighted by Crippen LogP contribution is -2.13. The van der Waals surface area contributed by atoms with Gasteiger partial charge in [0.2, 0.25) is 0 Å². The van der Waals surface area contributed by atoms with Gasteiger partial charge in [-0.1, -0.05) is 13.8 Å². The topological polar surface area (TPSA) is 74.9 Å². The SMILES string of the molecule is CC(=O)c1ccc(NC(=O)/C(C#N)=C/c2cc(C)n(CCC(C)C)c2C)cc1. The van der Waals surface area contributed by atoms with Crippen LogP contribution in [0.15, 0.2) is 35.9 Å². The highest BCUT2D eigenvalue weighted by Crippen LogP contribution is 2.20. The van der Waals surface area contributed by atoms with Gasteiger partial charge in [-0.15, -0.1) is 0 Å². The molecule has 1 aromatic heterocycles. The van der Waals surface area contributed by atoms with E-state index >= 15 is 0 Å². The summed E-state index contributed by atoms with van der Waals surface area (Å²) >= 11 is 0. The largest absolute Gasteiger partial charge is 0.349 e. The lowest BCUT2D eigenvalue weighted by molar-refractivity contribution is -0.112. The molecule has 0 aliphatic carbocycles. The molecule has 0 aliphatic heterocycles. The molecule has 2 rings (SSSR count). The molecule has 5 nitrogen and oxygen atoms in total. The molecule has 0 unspecified atom stereocenters. The summed E-state index contributed by atoms with van der Waals surface area (Å²) in [5, 5.41) is 12.2. The summed E-state index contributed by atoms with van der Waals surface area (Å²) in [5.74, 6) is 0.100. The highest BCUT2D eigenvalue weighted by molar-refractivity contribution is 6.09. The van der Waals surface area contributed by atoms with Crippen LogP contribution in [-0.4, -0.2) is 16.3 Å². The summed E-state index contributed by atoms with van der Waals surface area (Å²) in [6, 6.07) is 10.6. The molecule has 0 spiro atoms. The molecular weight excluding hydrogens is 350 g/mol. The lowest BCUT2D eigenvalue weighted by Gasteiger charge is -2.11. The van der Waals surface area contributed by atoms with Crippen molar-refractivity contribution in [3.8, 4) is 6.07 Å². The van der Waals surface area contributed by atoms with Gasteiger partial charge in [0, 0.05) is 29.2 Å². The van der Waals surface area contributed by atoms with E-state index in [0.29, 0.717) is 17.2 Å². The minimum atomic E-state index is -0.468. The van der Waals surface area contributed by atoms with Crippen LogP contribution in [0.2, 0.25) is 0 Å². The fourth-order valence-corrected chi connectivity index (χ4v) is 3.00. The Bertz CT molecular complexity index is 941. The van der Waals surface area contributed by atoms with Gasteiger partial charge in [-0.3, -0.25) is 9.59 Å². The van der Waals surface area contributed by atoms with Crippen molar-refractivity contribution in [2.75, 3.05) is 5.32 Å². The van der Waals surface area contributed by atoms with E-state index in [1.165, 1.54) is 6.92 Å². The molecule has 0 fully saturated rings. The molecule has 0 bridgehead atoms. The Morgan fingerprint density at radius 2 is 1.86 bits per heavy atom. The molecule has 1 heterocycles. The zero-order valence-corrected chi connectivity index (χ0v) is 17.2. The molecule has 2 aromatic rings. The number of benzene rings is 1. The monoisotopic (exact) mass is 377 g/mol. The minimum Gasteiger partial charge on any atom is -0.349 e. The van der Waals surface area contributed by atoms with Gasteiger partial charge in [-0.25, -0.2) is 0 Å². The van der Waals surface area contributed by atoms with Gasteiger partial charge in [-0.05, 0) is 75.1 Å². The second-order valence-electron chi connectivity index (χ2n) is 7.42. The van der Waals surface area contributed by atoms with E-state index in [0.717, 1.165) is 29.9 Å². The van der Waals surface area contributed by atoms with Gasteiger partial charge in [-0.2, -0.15) is 5.26 Å². The van der Waals surface area contributed by atoms with Gasteiger partial charge in [0.05, 0.1) is 0 Å². The number of nitrogens with one attached hydrogen (secondary N) is 1. The highest BCUT2D eigenvalue weighted by atomic mass is 16.1. The van der Waals surface area contributed by atoms with Gasteiger partial charge < -0.3 is 9.88 Å². The Morgan fingerprint density at radius 1 is 1.21 bits per heavy atom. The first kappa shape index (κ1) is 21.2. The van der Waals surface area contributed by atoms with Crippen LogP contribution >= 0.6 is 0 Å². The van der Waals surface area contributed by atoms with E-state index in [2.05, 4.69) is 23.7 Å². The van der Waals surface area contributed by atoms with Gasteiger partial charge in [0.25, 0.3) is 5.91 Å². The maximum atomic E-state index is 12.5. The maximum absolute atomic E-state index is 12.5. The molecule has 1 aromatic carbocycles. The molecule has 5 heteroatoms. The van der Waals surface area contributed by atoms with Crippen LogP contribution in [0, 0.1) is 31.1 Å². The Kier molecular flexibility index (Phi) is 6.94. The standard InChI is InChI=1S/C23H27N3O2/c1-15(2)10-11-26-16(3)12-20(17(26)4)13-21(14-24)23(28)25-22-8-6-19(7-9-22)18(5)27/h6-9,12-13,15H,10-11H2,1-5H3,(H,25,28)/b21-13+. The number of aromatic nitrogens is 1. The number of hydrogen-bond acceptors (Lipinski definition) is 3. The number of anilines is 1. The smallest absolute Gasteiger partial charge is 0.266 e. The number of Topliss-reactive ketones (excluding diaryl/α,β-unsaturated/α-hetero) is 1. The van der Waals surface area contributed by atoms with Crippen molar-refractivity contribution >= 4 is 23.5 Å². The van der Waals surface area contributed by atoms with E-state index in [4.69, 9.17) is 0 Å². The molecule has 28 heavy (non-hydrogen) atoms. The normalized spacial score (nSPS) is 11.4. The summed E-state index contributed by atoms with van der Waals surface area (Å²) in [4.78, 5) is 23.8. The first-order chi connectivity index (χ1) is 13.2. The van der Waals surface area contributed by atoms with Crippen molar-refractivity contribution in [3.05, 3.63) is 58.4 Å². The average Bonchev–Trinajstić information content (AvgIpc) is 2.91. The van der Waals surface area contributed by atoms with Crippen LogP contribution in [0.3, 0.4) is 0 Å². The Balaban J connectivity index is 2.21. The number of hydrogen-bond donors (Lipinski definition) is 1. The Hall–Kier alpha value is -3.13. The number of rotatable bonds is 7. The summed E-state index contributed by atoms with van der Waals surface area (Å²) < 4.78 is 2.22. The Morgan fingerprint density at radius 3 is 2.39 bits per heavy atom. The zero-order chi connectivity index (χ0) is 20.8. The predicted molar refractivity (Wildman–Crippen MR) is 112 cm³/mol. The minimum absolute atomic E-state index is 0.0386. The van der Waals surface area contributed by atoms with Gasteiger partial charge in [0.1, 0.15) is 11.6 Å². The average molecular weight is 377 g/mol. The second-order valence-corrected chi connectivity index (χ2v) is 7.42. The third kappa shape index (κ3) is 5.20. The number of amides is 1. The van der Waals surface area contributed by atoms with Gasteiger partial charge in [0.15, 0.2) is 5.78 Å². The number of carbonyl (C=O) groups excluding carboxylic acids is 2. The number of carbonyl (C=O) groups is 2. The van der Waals surface area contributed by atoms with Crippen molar-refractivity contribution in [1.29, 1.82) is 5.26 Å². The van der Waals surface area contributed by atoms with E-state index < -0.39 is 5.91 Å². The first-order valence-electron chi connectivity index (χ1n) is 9.43. The van der Waals surface area contributed by atoms with E-state index in [1.54, 1.807) is 30.3 Å². The molecule has 0 atom stereocenters. The molecule has 0 aliphatic rings. The summed E-state index contributed by atoms with van der Waals surface area (Å²) in [5.41, 5.74) is 4.19. The Labute approximate surface area is 166 Å². The second kappa shape index (κ2) is 9.18. The number of nitrogens with zero attached hydrogens (tertiary/aromatic N) is 2. The van der Waals surface area contributed by atoms with Crippen molar-refractivity contribution in [3.63, 3.8) is 0 Å². The first-order valence-corrected chi connectivity index (χ1v) is 9.43. The quantitative estimate of drug-likeness (QED) is 0.424. The molecule has 1 N–H and O–H groups in total. The fraction of sp³-hybridized carbons (Fsp3) is 0.348. The maximum Gasteiger partial charge on any atom is 0.266 e. The number of aryl methyl sites for hydroxylation is 1. The van der Waals surface area contributed by atoms with Crippen molar-refractivity contribution in [2.24, 2.45) is 5.92 Å². The third-order valence-corrected chi connectivity index (χ3v) is 4.76. The summed E-state index contributed by atoms with van der Waals surface area (Å²) in [6.45, 7) is 10.8. The molecule has 146 valence electrons. The fourth-order valence-electron chi connectivity index (χ4n) is 3.00. The van der Waals surface area contributed by atoms with E-state index in [-0.39, 0.29) is 11.4 Å². The van der Waals surface area contributed by atoms with Crippen LogP contribution in [-0.2, 0) is 11.3 Å². The van der Waals surface area contributed by atoms with Crippen LogP contribution in [0.5, 0.6) is 0 Å². The molecule has 0 saturated heterocycles. The highest BCUT2D eigenvalue weighted by Gasteiger charge is 2.13. The van der Waals surface area contributed by atoms with Crippen molar-refractivity contribution in [1.82, 2.24) is 4.57 Å². The summed E-state index contributed by atoms with van der Waals surface area (Å²) in [6.07, 6.45) is 2.70. The van der Waals surface area contributed by atoms with Crippen molar-refractivity contribution < 1.29 is 9.59 Å².